The Hall–Kier alpha value is -0.770. The molecule has 0 aromatic carbocycles. The molecule has 0 aliphatic carbocycles. The Kier molecular flexibility index (Phi) is 3.84. The summed E-state index contributed by atoms with van der Waals surface area (Å²) in [4.78, 5) is 6.59. The van der Waals surface area contributed by atoms with E-state index < -0.39 is 0 Å². The first-order valence-electron chi connectivity index (χ1n) is 5.45. The molecule has 1 aromatic rings. The Morgan fingerprint density at radius 2 is 2.06 bits per heavy atom. The van der Waals surface area contributed by atoms with Gasteiger partial charge in [0, 0.05) is 12.6 Å². The van der Waals surface area contributed by atoms with E-state index in [4.69, 9.17) is 5.73 Å². The fourth-order valence-corrected chi connectivity index (χ4v) is 1.93. The first-order valence-corrected chi connectivity index (χ1v) is 6.25. The van der Waals surface area contributed by atoms with Gasteiger partial charge in [-0.15, -0.1) is 0 Å². The van der Waals surface area contributed by atoms with Crippen LogP contribution >= 0.6 is 15.9 Å². The number of anilines is 2. The number of nitrogens with two attached hydrogens (primary N) is 1. The van der Waals surface area contributed by atoms with Crippen molar-refractivity contribution in [3.8, 4) is 0 Å². The van der Waals surface area contributed by atoms with E-state index >= 15 is 0 Å². The molecule has 0 radical (unpaired) electrons. The van der Waals surface area contributed by atoms with Crippen molar-refractivity contribution in [2.75, 3.05) is 17.7 Å². The minimum atomic E-state index is 0.0814. The minimum Gasteiger partial charge on any atom is -0.397 e. The zero-order chi connectivity index (χ0) is 12.5. The van der Waals surface area contributed by atoms with Crippen molar-refractivity contribution < 1.29 is 0 Å². The van der Waals surface area contributed by atoms with E-state index in [0.717, 1.165) is 28.0 Å². The Morgan fingerprint density at radius 3 is 2.56 bits per heavy atom. The second-order valence-electron chi connectivity index (χ2n) is 4.70. The molecule has 0 fully saturated rings. The van der Waals surface area contributed by atoms with Crippen molar-refractivity contribution in [2.24, 2.45) is 0 Å². The molecule has 0 amide bonds. The Balaban J connectivity index is 3.20. The standard InChI is InChI=1S/C12H20BrN3/c1-6-12(3,4)16(5)11-10(13)8(2)9(14)7-15-11/h7H,6,14H2,1-5H3. The maximum atomic E-state index is 5.82. The summed E-state index contributed by atoms with van der Waals surface area (Å²) in [7, 11) is 2.06. The maximum Gasteiger partial charge on any atom is 0.143 e. The van der Waals surface area contributed by atoms with Crippen molar-refractivity contribution in [1.29, 1.82) is 0 Å². The van der Waals surface area contributed by atoms with E-state index in [1.165, 1.54) is 0 Å². The van der Waals surface area contributed by atoms with E-state index in [0.29, 0.717) is 0 Å². The summed E-state index contributed by atoms with van der Waals surface area (Å²) in [5.41, 5.74) is 7.67. The molecule has 1 rings (SSSR count). The third-order valence-corrected chi connectivity index (χ3v) is 4.32. The normalized spacial score (nSPS) is 11.6. The molecule has 0 saturated carbocycles. The van der Waals surface area contributed by atoms with Crippen LogP contribution < -0.4 is 10.6 Å². The van der Waals surface area contributed by atoms with Gasteiger partial charge < -0.3 is 10.6 Å². The van der Waals surface area contributed by atoms with Crippen molar-refractivity contribution >= 4 is 27.4 Å². The average molecular weight is 286 g/mol. The van der Waals surface area contributed by atoms with Crippen LogP contribution in [0, 0.1) is 6.92 Å². The molecule has 0 spiro atoms. The number of rotatable bonds is 3. The number of hydrogen-bond acceptors (Lipinski definition) is 3. The number of nitrogens with zero attached hydrogens (tertiary/aromatic N) is 2. The van der Waals surface area contributed by atoms with E-state index in [2.05, 4.69) is 53.6 Å². The van der Waals surface area contributed by atoms with Crippen LogP contribution in [0.4, 0.5) is 11.5 Å². The predicted molar refractivity (Wildman–Crippen MR) is 73.9 cm³/mol. The summed E-state index contributed by atoms with van der Waals surface area (Å²) >= 11 is 3.57. The summed E-state index contributed by atoms with van der Waals surface area (Å²) in [6.07, 6.45) is 2.78. The summed E-state index contributed by atoms with van der Waals surface area (Å²) in [5, 5.41) is 0. The van der Waals surface area contributed by atoms with Crippen molar-refractivity contribution in [3.05, 3.63) is 16.2 Å². The first-order chi connectivity index (χ1) is 7.31. The van der Waals surface area contributed by atoms with E-state index in [1.807, 2.05) is 6.92 Å². The van der Waals surface area contributed by atoms with Gasteiger partial charge in [0.05, 0.1) is 16.4 Å². The number of aromatic nitrogens is 1. The topological polar surface area (TPSA) is 42.2 Å². The van der Waals surface area contributed by atoms with Crippen LogP contribution in [0.15, 0.2) is 10.7 Å². The molecule has 0 aliphatic heterocycles. The maximum absolute atomic E-state index is 5.82. The number of pyridine rings is 1. The molecule has 16 heavy (non-hydrogen) atoms. The van der Waals surface area contributed by atoms with Gasteiger partial charge in [-0.2, -0.15) is 0 Å². The van der Waals surface area contributed by atoms with Crippen LogP contribution in [-0.4, -0.2) is 17.6 Å². The van der Waals surface area contributed by atoms with Crippen molar-refractivity contribution in [3.63, 3.8) is 0 Å². The molecule has 2 N–H and O–H groups in total. The van der Waals surface area contributed by atoms with Crippen LogP contribution in [0.5, 0.6) is 0 Å². The lowest BCUT2D eigenvalue weighted by molar-refractivity contribution is 0.466. The molecule has 0 atom stereocenters. The molecule has 1 aromatic heterocycles. The molecular weight excluding hydrogens is 266 g/mol. The van der Waals surface area contributed by atoms with Gasteiger partial charge >= 0.3 is 0 Å². The molecule has 0 aliphatic rings. The Morgan fingerprint density at radius 1 is 1.50 bits per heavy atom. The smallest absolute Gasteiger partial charge is 0.143 e. The van der Waals surface area contributed by atoms with Gasteiger partial charge in [-0.05, 0) is 48.7 Å². The Labute approximate surface area is 106 Å². The monoisotopic (exact) mass is 285 g/mol. The van der Waals surface area contributed by atoms with Gasteiger partial charge in [-0.1, -0.05) is 6.92 Å². The summed E-state index contributed by atoms with van der Waals surface area (Å²) in [6, 6.07) is 0. The van der Waals surface area contributed by atoms with Gasteiger partial charge in [0.1, 0.15) is 5.82 Å². The third-order valence-electron chi connectivity index (χ3n) is 3.38. The number of nitrogen functional groups attached to an aromatic ring is 1. The molecule has 0 bridgehead atoms. The van der Waals surface area contributed by atoms with Crippen LogP contribution in [0.3, 0.4) is 0 Å². The molecule has 0 unspecified atom stereocenters. The molecule has 3 nitrogen and oxygen atoms in total. The van der Waals surface area contributed by atoms with E-state index in [1.54, 1.807) is 6.20 Å². The second kappa shape index (κ2) is 4.62. The van der Waals surface area contributed by atoms with Gasteiger partial charge in [0.15, 0.2) is 0 Å². The highest BCUT2D eigenvalue weighted by atomic mass is 79.9. The lowest BCUT2D eigenvalue weighted by atomic mass is 10.00. The molecule has 1 heterocycles. The summed E-state index contributed by atoms with van der Waals surface area (Å²) < 4.78 is 0.983. The molecule has 0 saturated heterocycles. The van der Waals surface area contributed by atoms with Gasteiger partial charge in [-0.25, -0.2) is 4.98 Å². The fraction of sp³-hybridized carbons (Fsp3) is 0.583. The largest absolute Gasteiger partial charge is 0.397 e. The quantitative estimate of drug-likeness (QED) is 0.926. The molecule has 90 valence electrons. The van der Waals surface area contributed by atoms with Gasteiger partial charge in [0.25, 0.3) is 0 Å². The summed E-state index contributed by atoms with van der Waals surface area (Å²) in [6.45, 7) is 8.57. The van der Waals surface area contributed by atoms with Crippen molar-refractivity contribution in [1.82, 2.24) is 4.98 Å². The van der Waals surface area contributed by atoms with Crippen molar-refractivity contribution in [2.45, 2.75) is 39.7 Å². The minimum absolute atomic E-state index is 0.0814. The molecule has 4 heteroatoms. The Bertz CT molecular complexity index is 388. The predicted octanol–water partition coefficient (Wildman–Crippen LogP) is 3.36. The average Bonchev–Trinajstić information content (AvgIpc) is 2.25. The number of hydrogen-bond donors (Lipinski definition) is 1. The third kappa shape index (κ3) is 2.32. The van der Waals surface area contributed by atoms with Crippen LogP contribution in [0.25, 0.3) is 0 Å². The van der Waals surface area contributed by atoms with E-state index in [9.17, 15) is 0 Å². The first kappa shape index (κ1) is 13.3. The second-order valence-corrected chi connectivity index (χ2v) is 5.49. The van der Waals surface area contributed by atoms with E-state index in [-0.39, 0.29) is 5.54 Å². The lowest BCUT2D eigenvalue weighted by Crippen LogP contribution is -2.41. The zero-order valence-electron chi connectivity index (χ0n) is 10.6. The van der Waals surface area contributed by atoms with Gasteiger partial charge in [-0.3, -0.25) is 0 Å². The van der Waals surface area contributed by atoms with Crippen LogP contribution in [0.2, 0.25) is 0 Å². The fourth-order valence-electron chi connectivity index (χ4n) is 1.34. The van der Waals surface area contributed by atoms with Gasteiger partial charge in [0.2, 0.25) is 0 Å². The number of halogens is 1. The zero-order valence-corrected chi connectivity index (χ0v) is 12.2. The SMILES string of the molecule is CCC(C)(C)N(C)c1ncc(N)c(C)c1Br. The lowest BCUT2D eigenvalue weighted by Gasteiger charge is -2.36. The van der Waals surface area contributed by atoms with Crippen LogP contribution in [0.1, 0.15) is 32.8 Å². The highest BCUT2D eigenvalue weighted by Gasteiger charge is 2.24. The highest BCUT2D eigenvalue weighted by Crippen LogP contribution is 2.33. The summed E-state index contributed by atoms with van der Waals surface area (Å²) in [5.74, 6) is 0.943. The molecular formula is C12H20BrN3. The van der Waals surface area contributed by atoms with Crippen LogP contribution in [-0.2, 0) is 0 Å². The highest BCUT2D eigenvalue weighted by molar-refractivity contribution is 9.10.